The van der Waals surface area contributed by atoms with E-state index in [1.54, 1.807) is 42.5 Å². The maximum absolute atomic E-state index is 13.3. The summed E-state index contributed by atoms with van der Waals surface area (Å²) in [6.45, 7) is 7.78. The van der Waals surface area contributed by atoms with Crippen LogP contribution >= 0.6 is 0 Å². The summed E-state index contributed by atoms with van der Waals surface area (Å²) >= 11 is 0. The number of rotatable bonds is 7. The van der Waals surface area contributed by atoms with Gasteiger partial charge in [-0.3, -0.25) is 4.31 Å². The summed E-state index contributed by atoms with van der Waals surface area (Å²) in [6.07, 6.45) is 1.64. The van der Waals surface area contributed by atoms with Crippen molar-refractivity contribution in [2.24, 2.45) is 0 Å². The molecule has 0 radical (unpaired) electrons. The molecule has 27 heavy (non-hydrogen) atoms. The van der Waals surface area contributed by atoms with Crippen LogP contribution in [0.25, 0.3) is 10.8 Å². The molecule has 0 aliphatic carbocycles. The first-order chi connectivity index (χ1) is 12.9. The Morgan fingerprint density at radius 3 is 2.30 bits per heavy atom. The Labute approximate surface area is 160 Å². The average molecular weight is 381 g/mol. The minimum atomic E-state index is -3.72. The molecule has 5 heteroatoms. The molecule has 0 heterocycles. The number of anilines is 1. The fourth-order valence-corrected chi connectivity index (χ4v) is 4.35. The molecule has 0 amide bonds. The summed E-state index contributed by atoms with van der Waals surface area (Å²) < 4.78 is 33.5. The van der Waals surface area contributed by atoms with Crippen LogP contribution < -0.4 is 9.04 Å². The van der Waals surface area contributed by atoms with Crippen LogP contribution in [-0.4, -0.2) is 21.1 Å². The Morgan fingerprint density at radius 2 is 1.67 bits per heavy atom. The molecule has 0 saturated carbocycles. The summed E-state index contributed by atoms with van der Waals surface area (Å²) in [5, 5.41) is 1.89. The van der Waals surface area contributed by atoms with E-state index in [0.717, 1.165) is 10.8 Å². The molecule has 0 unspecified atom stereocenters. The van der Waals surface area contributed by atoms with E-state index in [4.69, 9.17) is 4.74 Å². The summed E-state index contributed by atoms with van der Waals surface area (Å²) in [5.74, 6) is 0.704. The number of hydrogen-bond acceptors (Lipinski definition) is 3. The van der Waals surface area contributed by atoms with Crippen molar-refractivity contribution in [2.75, 3.05) is 10.8 Å². The summed E-state index contributed by atoms with van der Waals surface area (Å²) in [5.41, 5.74) is 0.569. The highest BCUT2D eigenvalue weighted by Crippen LogP contribution is 2.28. The van der Waals surface area contributed by atoms with Gasteiger partial charge in [-0.05, 0) is 61.0 Å². The van der Waals surface area contributed by atoms with Gasteiger partial charge < -0.3 is 4.74 Å². The summed E-state index contributed by atoms with van der Waals surface area (Å²) in [6, 6.07) is 19.9. The maximum Gasteiger partial charge on any atom is 0.264 e. The molecule has 0 bridgehead atoms. The number of fused-ring (bicyclic) bond motifs is 1. The molecule has 3 aromatic carbocycles. The quantitative estimate of drug-likeness (QED) is 0.541. The van der Waals surface area contributed by atoms with Gasteiger partial charge in [0.05, 0.1) is 23.2 Å². The van der Waals surface area contributed by atoms with E-state index in [9.17, 15) is 8.42 Å². The molecule has 4 nitrogen and oxygen atoms in total. The predicted octanol–water partition coefficient (Wildman–Crippen LogP) is 5.01. The number of benzene rings is 3. The first kappa shape index (κ1) is 19.0. The molecule has 140 valence electrons. The lowest BCUT2D eigenvalue weighted by Gasteiger charge is -2.23. The standard InChI is InChI=1S/C22H23NO3S/c1-4-15-23(20-10-12-21(13-11-20)26-17(2)3)27(24,25)22-14-9-18-7-5-6-8-19(18)16-22/h4-14,16-17H,1,15H2,2-3H3. The third-order valence-electron chi connectivity index (χ3n) is 4.10. The van der Waals surface area contributed by atoms with Crippen molar-refractivity contribution in [2.45, 2.75) is 24.8 Å². The van der Waals surface area contributed by atoms with Gasteiger partial charge in [0, 0.05) is 0 Å². The number of sulfonamides is 1. The molecule has 0 atom stereocenters. The van der Waals surface area contributed by atoms with Crippen LogP contribution in [0.4, 0.5) is 5.69 Å². The van der Waals surface area contributed by atoms with Crippen LogP contribution in [-0.2, 0) is 10.0 Å². The van der Waals surface area contributed by atoms with Gasteiger partial charge >= 0.3 is 0 Å². The molecule has 0 aromatic heterocycles. The highest BCUT2D eigenvalue weighted by atomic mass is 32.2. The molecule has 0 spiro atoms. The second-order valence-corrected chi connectivity index (χ2v) is 8.36. The van der Waals surface area contributed by atoms with Crippen molar-refractivity contribution in [1.82, 2.24) is 0 Å². The van der Waals surface area contributed by atoms with E-state index in [-0.39, 0.29) is 17.5 Å². The minimum absolute atomic E-state index is 0.0569. The Balaban J connectivity index is 2.00. The van der Waals surface area contributed by atoms with Gasteiger partial charge in [-0.25, -0.2) is 8.42 Å². The van der Waals surface area contributed by atoms with Crippen molar-refractivity contribution >= 4 is 26.5 Å². The van der Waals surface area contributed by atoms with Gasteiger partial charge in [0.2, 0.25) is 0 Å². The summed E-state index contributed by atoms with van der Waals surface area (Å²) in [4.78, 5) is 0.255. The number of hydrogen-bond donors (Lipinski definition) is 0. The monoisotopic (exact) mass is 381 g/mol. The van der Waals surface area contributed by atoms with Crippen LogP contribution in [0, 0.1) is 0 Å². The average Bonchev–Trinajstić information content (AvgIpc) is 2.66. The van der Waals surface area contributed by atoms with Gasteiger partial charge in [0.1, 0.15) is 5.75 Å². The van der Waals surface area contributed by atoms with Crippen LogP contribution in [0.2, 0.25) is 0 Å². The third-order valence-corrected chi connectivity index (χ3v) is 5.89. The van der Waals surface area contributed by atoms with E-state index in [1.165, 1.54) is 4.31 Å². The van der Waals surface area contributed by atoms with E-state index in [0.29, 0.717) is 11.4 Å². The van der Waals surface area contributed by atoms with Crippen molar-refractivity contribution in [3.05, 3.63) is 79.4 Å². The van der Waals surface area contributed by atoms with Gasteiger partial charge in [-0.15, -0.1) is 6.58 Å². The zero-order valence-corrected chi connectivity index (χ0v) is 16.3. The van der Waals surface area contributed by atoms with Crippen LogP contribution in [0.15, 0.2) is 84.3 Å². The smallest absolute Gasteiger partial charge is 0.264 e. The highest BCUT2D eigenvalue weighted by molar-refractivity contribution is 7.92. The molecule has 0 N–H and O–H groups in total. The van der Waals surface area contributed by atoms with Crippen molar-refractivity contribution < 1.29 is 13.2 Å². The predicted molar refractivity (Wildman–Crippen MR) is 111 cm³/mol. The SMILES string of the molecule is C=CCN(c1ccc(OC(C)C)cc1)S(=O)(=O)c1ccc2ccccc2c1. The zero-order chi connectivity index (χ0) is 19.4. The van der Waals surface area contributed by atoms with Crippen LogP contribution in [0.3, 0.4) is 0 Å². The lowest BCUT2D eigenvalue weighted by molar-refractivity contribution is 0.242. The molecule has 0 aliphatic rings. The normalized spacial score (nSPS) is 11.5. The van der Waals surface area contributed by atoms with E-state index >= 15 is 0 Å². The Hall–Kier alpha value is -2.79. The van der Waals surface area contributed by atoms with E-state index < -0.39 is 10.0 Å². The Morgan fingerprint density at radius 1 is 1.00 bits per heavy atom. The van der Waals surface area contributed by atoms with Crippen LogP contribution in [0.1, 0.15) is 13.8 Å². The second kappa shape index (κ2) is 7.84. The molecule has 0 fully saturated rings. The minimum Gasteiger partial charge on any atom is -0.491 e. The molecule has 0 aliphatic heterocycles. The highest BCUT2D eigenvalue weighted by Gasteiger charge is 2.24. The van der Waals surface area contributed by atoms with Crippen LogP contribution in [0.5, 0.6) is 5.75 Å². The largest absolute Gasteiger partial charge is 0.491 e. The second-order valence-electron chi connectivity index (χ2n) is 6.49. The van der Waals surface area contributed by atoms with Crippen molar-refractivity contribution in [3.8, 4) is 5.75 Å². The van der Waals surface area contributed by atoms with Gasteiger partial charge in [-0.2, -0.15) is 0 Å². The topological polar surface area (TPSA) is 46.6 Å². The number of nitrogens with zero attached hydrogens (tertiary/aromatic N) is 1. The summed E-state index contributed by atoms with van der Waals surface area (Å²) in [7, 11) is -3.72. The van der Waals surface area contributed by atoms with Gasteiger partial charge in [-0.1, -0.05) is 36.4 Å². The number of ether oxygens (including phenoxy) is 1. The van der Waals surface area contributed by atoms with Crippen molar-refractivity contribution in [3.63, 3.8) is 0 Å². The molecular weight excluding hydrogens is 358 g/mol. The molecule has 3 aromatic rings. The maximum atomic E-state index is 13.3. The Kier molecular flexibility index (Phi) is 5.51. The first-order valence-electron chi connectivity index (χ1n) is 8.81. The lowest BCUT2D eigenvalue weighted by Crippen LogP contribution is -2.31. The Bertz CT molecular complexity index is 1040. The van der Waals surface area contributed by atoms with E-state index in [2.05, 4.69) is 6.58 Å². The fraction of sp³-hybridized carbons (Fsp3) is 0.182. The van der Waals surface area contributed by atoms with E-state index in [1.807, 2.05) is 44.2 Å². The van der Waals surface area contributed by atoms with Gasteiger partial charge in [0.15, 0.2) is 0 Å². The molecule has 3 rings (SSSR count). The van der Waals surface area contributed by atoms with Gasteiger partial charge in [0.25, 0.3) is 10.0 Å². The van der Waals surface area contributed by atoms with Crippen molar-refractivity contribution in [1.29, 1.82) is 0 Å². The lowest BCUT2D eigenvalue weighted by atomic mass is 10.1. The fourth-order valence-electron chi connectivity index (χ4n) is 2.88. The zero-order valence-electron chi connectivity index (χ0n) is 15.5. The molecular formula is C22H23NO3S. The first-order valence-corrected chi connectivity index (χ1v) is 10.2. The third kappa shape index (κ3) is 4.14. The molecule has 0 saturated heterocycles.